The summed E-state index contributed by atoms with van der Waals surface area (Å²) < 4.78 is 5.01. The van der Waals surface area contributed by atoms with E-state index in [0.29, 0.717) is 29.6 Å². The molecule has 11 heteroatoms. The third-order valence-electron chi connectivity index (χ3n) is 3.56. The Hall–Kier alpha value is -3.08. The summed E-state index contributed by atoms with van der Waals surface area (Å²) in [6.45, 7) is 5.47. The Kier molecular flexibility index (Phi) is 6.99. The van der Waals surface area contributed by atoms with Crippen LogP contribution in [0, 0.1) is 34.1 Å². The number of nitro benzene ring substituents is 2. The molecule has 0 bridgehead atoms. The molecule has 28 heavy (non-hydrogen) atoms. The van der Waals surface area contributed by atoms with Crippen LogP contribution in [-0.2, 0) is 4.74 Å². The first-order valence-corrected chi connectivity index (χ1v) is 9.18. The highest BCUT2D eigenvalue weighted by Crippen LogP contribution is 2.41. The topological polar surface area (TPSA) is 138 Å². The Balaban J connectivity index is 2.53. The number of benzene rings is 1. The van der Waals surface area contributed by atoms with Gasteiger partial charge in [0.25, 0.3) is 11.4 Å². The van der Waals surface area contributed by atoms with Gasteiger partial charge in [-0.1, -0.05) is 13.3 Å². The number of carbonyl (C=O) groups is 1. The lowest BCUT2D eigenvalue weighted by molar-refractivity contribution is -0.399. The third-order valence-corrected chi connectivity index (χ3v) is 4.55. The Bertz CT molecular complexity index is 879. The summed E-state index contributed by atoms with van der Waals surface area (Å²) in [5, 5.41) is 23.2. The second-order valence-electron chi connectivity index (χ2n) is 5.88. The summed E-state index contributed by atoms with van der Waals surface area (Å²) in [5.74, 6) is -0.848. The van der Waals surface area contributed by atoms with Crippen LogP contribution in [0.5, 0.6) is 0 Å². The molecule has 10 nitrogen and oxygen atoms in total. The molecule has 0 amide bonds. The van der Waals surface area contributed by atoms with Crippen LogP contribution in [0.25, 0.3) is 0 Å². The number of rotatable bonds is 8. The molecule has 0 aliphatic heterocycles. The molecular weight excluding hydrogens is 388 g/mol. The Morgan fingerprint density at radius 3 is 2.07 bits per heavy atom. The SMILES string of the molecule is CCCCOC(=O)c1cc([N+](=O)[O-])c(Sc2nc(C)cc(C)n2)c([N+](=O)[O-])c1. The zero-order chi connectivity index (χ0) is 20.8. The smallest absolute Gasteiger partial charge is 0.338 e. The van der Waals surface area contributed by atoms with Crippen LogP contribution in [0.2, 0.25) is 0 Å². The fourth-order valence-electron chi connectivity index (χ4n) is 2.32. The van der Waals surface area contributed by atoms with E-state index in [1.54, 1.807) is 19.9 Å². The van der Waals surface area contributed by atoms with Crippen molar-refractivity contribution in [1.29, 1.82) is 0 Å². The van der Waals surface area contributed by atoms with Gasteiger partial charge in [-0.3, -0.25) is 20.2 Å². The van der Waals surface area contributed by atoms with Crippen LogP contribution in [0.3, 0.4) is 0 Å². The van der Waals surface area contributed by atoms with E-state index < -0.39 is 27.2 Å². The van der Waals surface area contributed by atoms with Gasteiger partial charge in [-0.05, 0) is 38.1 Å². The second-order valence-corrected chi connectivity index (χ2v) is 6.86. The molecular formula is C17H18N4O6S. The van der Waals surface area contributed by atoms with Crippen LogP contribution in [0.15, 0.2) is 28.3 Å². The van der Waals surface area contributed by atoms with Crippen molar-refractivity contribution in [2.45, 2.75) is 43.7 Å². The first kappa shape index (κ1) is 21.2. The van der Waals surface area contributed by atoms with Gasteiger partial charge in [-0.15, -0.1) is 0 Å². The molecule has 0 fully saturated rings. The predicted octanol–water partition coefficient (Wildman–Crippen LogP) is 4.02. The Morgan fingerprint density at radius 1 is 1.07 bits per heavy atom. The van der Waals surface area contributed by atoms with E-state index >= 15 is 0 Å². The minimum Gasteiger partial charge on any atom is -0.462 e. The average Bonchev–Trinajstić information content (AvgIpc) is 2.60. The van der Waals surface area contributed by atoms with E-state index in [4.69, 9.17) is 4.74 Å². The predicted molar refractivity (Wildman–Crippen MR) is 101 cm³/mol. The highest BCUT2D eigenvalue weighted by atomic mass is 32.2. The number of nitrogens with zero attached hydrogens (tertiary/aromatic N) is 4. The van der Waals surface area contributed by atoms with Gasteiger partial charge in [0.2, 0.25) is 0 Å². The number of carbonyl (C=O) groups excluding carboxylic acids is 1. The molecule has 0 radical (unpaired) electrons. The lowest BCUT2D eigenvalue weighted by Crippen LogP contribution is -2.09. The number of hydrogen-bond acceptors (Lipinski definition) is 9. The summed E-state index contributed by atoms with van der Waals surface area (Å²) in [6, 6.07) is 3.67. The van der Waals surface area contributed by atoms with Crippen molar-refractivity contribution in [3.05, 3.63) is 55.4 Å². The number of aryl methyl sites for hydroxylation is 2. The van der Waals surface area contributed by atoms with E-state index in [0.717, 1.165) is 18.6 Å². The highest BCUT2D eigenvalue weighted by molar-refractivity contribution is 7.99. The standard InChI is InChI=1S/C17H18N4O6S/c1-4-5-6-27-16(22)12-8-13(20(23)24)15(14(9-12)21(25)26)28-17-18-10(2)7-11(3)19-17/h7-9H,4-6H2,1-3H3. The average molecular weight is 406 g/mol. The molecule has 0 saturated carbocycles. The largest absolute Gasteiger partial charge is 0.462 e. The minimum atomic E-state index is -0.848. The van der Waals surface area contributed by atoms with Gasteiger partial charge in [0.1, 0.15) is 0 Å². The van der Waals surface area contributed by atoms with Crippen molar-refractivity contribution in [2.24, 2.45) is 0 Å². The molecule has 0 spiro atoms. The van der Waals surface area contributed by atoms with Crippen molar-refractivity contribution in [2.75, 3.05) is 6.61 Å². The summed E-state index contributed by atoms with van der Waals surface area (Å²) in [6.07, 6.45) is 1.41. The van der Waals surface area contributed by atoms with E-state index in [1.807, 2.05) is 6.92 Å². The quantitative estimate of drug-likeness (QED) is 0.209. The summed E-state index contributed by atoms with van der Waals surface area (Å²) in [5.41, 5.74) is -0.165. The van der Waals surface area contributed by atoms with Crippen molar-refractivity contribution in [3.63, 3.8) is 0 Å². The Labute approximate surface area is 164 Å². The van der Waals surface area contributed by atoms with Gasteiger partial charge < -0.3 is 4.74 Å². The molecule has 0 aliphatic carbocycles. The maximum absolute atomic E-state index is 12.1. The van der Waals surface area contributed by atoms with Crippen molar-refractivity contribution < 1.29 is 19.4 Å². The van der Waals surface area contributed by atoms with Crippen LogP contribution in [0.1, 0.15) is 41.5 Å². The van der Waals surface area contributed by atoms with Crippen LogP contribution in [-0.4, -0.2) is 32.4 Å². The van der Waals surface area contributed by atoms with Crippen molar-refractivity contribution >= 4 is 29.1 Å². The Morgan fingerprint density at radius 2 is 1.61 bits per heavy atom. The fourth-order valence-corrected chi connectivity index (χ4v) is 3.35. The lowest BCUT2D eigenvalue weighted by atomic mass is 10.1. The summed E-state index contributed by atoms with van der Waals surface area (Å²) in [7, 11) is 0. The molecule has 1 aromatic heterocycles. The number of ether oxygens (including phenoxy) is 1. The van der Waals surface area contributed by atoms with Gasteiger partial charge in [0.15, 0.2) is 10.1 Å². The maximum Gasteiger partial charge on any atom is 0.338 e. The molecule has 2 rings (SSSR count). The van der Waals surface area contributed by atoms with E-state index in [-0.39, 0.29) is 22.2 Å². The first-order chi connectivity index (χ1) is 13.2. The van der Waals surface area contributed by atoms with Gasteiger partial charge in [0, 0.05) is 23.5 Å². The van der Waals surface area contributed by atoms with E-state index in [1.165, 1.54) is 0 Å². The summed E-state index contributed by atoms with van der Waals surface area (Å²) in [4.78, 5) is 41.7. The van der Waals surface area contributed by atoms with Crippen molar-refractivity contribution in [1.82, 2.24) is 9.97 Å². The number of nitro groups is 2. The molecule has 0 N–H and O–H groups in total. The highest BCUT2D eigenvalue weighted by Gasteiger charge is 2.30. The van der Waals surface area contributed by atoms with Gasteiger partial charge >= 0.3 is 5.97 Å². The number of hydrogen-bond donors (Lipinski definition) is 0. The monoisotopic (exact) mass is 406 g/mol. The molecule has 2 aromatic rings. The van der Waals surface area contributed by atoms with Gasteiger partial charge in [-0.2, -0.15) is 0 Å². The van der Waals surface area contributed by atoms with E-state index in [2.05, 4.69) is 9.97 Å². The van der Waals surface area contributed by atoms with Crippen LogP contribution in [0.4, 0.5) is 11.4 Å². The molecule has 0 unspecified atom stereocenters. The molecule has 1 heterocycles. The summed E-state index contributed by atoms with van der Waals surface area (Å²) >= 11 is 0.710. The molecule has 0 aliphatic rings. The molecule has 148 valence electrons. The zero-order valence-electron chi connectivity index (χ0n) is 15.5. The molecule has 1 aromatic carbocycles. The number of unbranched alkanes of at least 4 members (excludes halogenated alkanes) is 1. The minimum absolute atomic E-state index is 0.129. The zero-order valence-corrected chi connectivity index (χ0v) is 16.3. The number of esters is 1. The third kappa shape index (κ3) is 5.22. The molecule has 0 saturated heterocycles. The van der Waals surface area contributed by atoms with Crippen molar-refractivity contribution in [3.8, 4) is 0 Å². The van der Waals surface area contributed by atoms with E-state index in [9.17, 15) is 25.0 Å². The first-order valence-electron chi connectivity index (χ1n) is 8.37. The number of aromatic nitrogens is 2. The van der Waals surface area contributed by atoms with Gasteiger partial charge in [-0.25, -0.2) is 14.8 Å². The molecule has 0 atom stereocenters. The fraction of sp³-hybridized carbons (Fsp3) is 0.353. The normalized spacial score (nSPS) is 10.5. The van der Waals surface area contributed by atoms with Gasteiger partial charge in [0.05, 0.1) is 22.0 Å². The van der Waals surface area contributed by atoms with Crippen LogP contribution < -0.4 is 0 Å². The van der Waals surface area contributed by atoms with Crippen LogP contribution >= 0.6 is 11.8 Å². The maximum atomic E-state index is 12.1. The second kappa shape index (κ2) is 9.22. The lowest BCUT2D eigenvalue weighted by Gasteiger charge is -2.08.